The van der Waals surface area contributed by atoms with Crippen LogP contribution in [0.2, 0.25) is 0 Å². The number of amides is 1. The number of hydrogen-bond donors (Lipinski definition) is 0. The van der Waals surface area contributed by atoms with E-state index >= 15 is 0 Å². The average Bonchev–Trinajstić information content (AvgIpc) is 2.77. The zero-order chi connectivity index (χ0) is 26.2. The zero-order valence-corrected chi connectivity index (χ0v) is 21.0. The summed E-state index contributed by atoms with van der Waals surface area (Å²) in [5, 5.41) is 0. The number of piperidine rings is 1. The maximum Gasteiger partial charge on any atom is 0.573 e. The summed E-state index contributed by atoms with van der Waals surface area (Å²) in [5.41, 5.74) is -0.969. The summed E-state index contributed by atoms with van der Waals surface area (Å²) in [6.07, 6.45) is -9.02. The maximum atomic E-state index is 13.5. The van der Waals surface area contributed by atoms with Gasteiger partial charge in [-0.1, -0.05) is 28.7 Å². The summed E-state index contributed by atoms with van der Waals surface area (Å²) in [6.45, 7) is 1.44. The van der Waals surface area contributed by atoms with Crippen LogP contribution in [0.5, 0.6) is 5.75 Å². The van der Waals surface area contributed by atoms with E-state index in [0.717, 1.165) is 36.4 Å². The molecule has 0 spiro atoms. The molecule has 1 saturated heterocycles. The number of nitrogens with zero attached hydrogens (tertiary/aromatic N) is 2. The van der Waals surface area contributed by atoms with Gasteiger partial charge in [0.25, 0.3) is 0 Å². The highest BCUT2D eigenvalue weighted by Crippen LogP contribution is 2.41. The van der Waals surface area contributed by atoms with Gasteiger partial charge >= 0.3 is 12.5 Å². The van der Waals surface area contributed by atoms with Crippen LogP contribution in [-0.4, -0.2) is 41.4 Å². The molecular weight excluding hydrogens is 617 g/mol. The number of carbonyl (C=O) groups excluding carboxylic acids is 1. The normalized spacial score (nSPS) is 19.4. The molecule has 1 unspecified atom stereocenters. The second-order valence-corrected chi connectivity index (χ2v) is 11.3. The van der Waals surface area contributed by atoms with Crippen LogP contribution < -0.4 is 9.64 Å². The summed E-state index contributed by atoms with van der Waals surface area (Å²) in [5.74, 6) is -1.89. The highest BCUT2D eigenvalue weighted by atomic mass is 127. The number of halogens is 7. The molecule has 3 rings (SSSR count). The molecule has 1 aromatic heterocycles. The summed E-state index contributed by atoms with van der Waals surface area (Å²) < 4.78 is 105. The summed E-state index contributed by atoms with van der Waals surface area (Å²) in [4.78, 5) is 17.4. The standard InChI is InChI=1S/C21H19F6IN2O4S/c1-19(12-28,35(32,33)16-4-2-3-15(10-16)34-21(25,26)27)13-7-8-30(18(31)9-13)17-6-5-14(11-29-17)20(22,23)24/h2-6,10-11,13H,7-9,12H2,1H3/t13-,19?/m1/s1. The molecule has 2 atom stereocenters. The van der Waals surface area contributed by atoms with Crippen molar-refractivity contribution >= 4 is 44.2 Å². The van der Waals surface area contributed by atoms with Gasteiger partial charge in [0, 0.05) is 23.6 Å². The Morgan fingerprint density at radius 1 is 1.14 bits per heavy atom. The van der Waals surface area contributed by atoms with Gasteiger partial charge in [0.1, 0.15) is 11.6 Å². The van der Waals surface area contributed by atoms with Gasteiger partial charge < -0.3 is 4.74 Å². The van der Waals surface area contributed by atoms with Crippen molar-refractivity contribution in [3.63, 3.8) is 0 Å². The molecule has 6 nitrogen and oxygen atoms in total. The zero-order valence-electron chi connectivity index (χ0n) is 18.0. The average molecular weight is 636 g/mol. The van der Waals surface area contributed by atoms with Crippen LogP contribution in [-0.2, 0) is 20.8 Å². The van der Waals surface area contributed by atoms with E-state index in [4.69, 9.17) is 0 Å². The lowest BCUT2D eigenvalue weighted by Crippen LogP contribution is -2.51. The fourth-order valence-corrected chi connectivity index (χ4v) is 7.52. The lowest BCUT2D eigenvalue weighted by molar-refractivity contribution is -0.274. The van der Waals surface area contributed by atoms with Crippen molar-refractivity contribution in [3.05, 3.63) is 48.2 Å². The minimum atomic E-state index is -5.00. The number of sulfone groups is 1. The summed E-state index contributed by atoms with van der Waals surface area (Å²) in [6, 6.07) is 5.93. The number of hydrogen-bond acceptors (Lipinski definition) is 5. The van der Waals surface area contributed by atoms with Gasteiger partial charge in [0.05, 0.1) is 15.2 Å². The molecule has 0 aliphatic carbocycles. The van der Waals surface area contributed by atoms with Crippen LogP contribution in [0.15, 0.2) is 47.5 Å². The number of rotatable bonds is 6. The predicted molar refractivity (Wildman–Crippen MR) is 122 cm³/mol. The first-order valence-corrected chi connectivity index (χ1v) is 13.1. The monoisotopic (exact) mass is 636 g/mol. The third-order valence-corrected chi connectivity index (χ3v) is 10.5. The first-order valence-electron chi connectivity index (χ1n) is 10.1. The Balaban J connectivity index is 1.84. The molecule has 1 aliphatic rings. The van der Waals surface area contributed by atoms with E-state index in [2.05, 4.69) is 9.72 Å². The highest BCUT2D eigenvalue weighted by Gasteiger charge is 2.49. The maximum absolute atomic E-state index is 13.5. The number of anilines is 1. The van der Waals surface area contributed by atoms with Crippen molar-refractivity contribution in [2.45, 2.75) is 41.9 Å². The third-order valence-electron chi connectivity index (χ3n) is 5.87. The van der Waals surface area contributed by atoms with Gasteiger partial charge in [-0.05, 0) is 49.6 Å². The Bertz CT molecular complexity index is 1190. The first-order chi connectivity index (χ1) is 16.1. The van der Waals surface area contributed by atoms with Crippen molar-refractivity contribution in [3.8, 4) is 5.75 Å². The van der Waals surface area contributed by atoms with Crippen molar-refractivity contribution < 1.29 is 44.3 Å². The number of carbonyl (C=O) groups is 1. The van der Waals surface area contributed by atoms with E-state index in [1.165, 1.54) is 11.8 Å². The molecule has 1 fully saturated rings. The fourth-order valence-electron chi connectivity index (χ4n) is 3.82. The van der Waals surface area contributed by atoms with Gasteiger partial charge in [-0.2, -0.15) is 13.2 Å². The van der Waals surface area contributed by atoms with Gasteiger partial charge in [-0.15, -0.1) is 13.2 Å². The smallest absolute Gasteiger partial charge is 0.406 e. The van der Waals surface area contributed by atoms with E-state index in [9.17, 15) is 39.6 Å². The molecule has 1 aliphatic heterocycles. The Labute approximate surface area is 210 Å². The van der Waals surface area contributed by atoms with Crippen LogP contribution in [0.4, 0.5) is 32.2 Å². The van der Waals surface area contributed by atoms with Gasteiger partial charge in [0.2, 0.25) is 5.91 Å². The van der Waals surface area contributed by atoms with Crippen LogP contribution in [0, 0.1) is 5.92 Å². The topological polar surface area (TPSA) is 76.6 Å². The summed E-state index contributed by atoms with van der Waals surface area (Å²) in [7, 11) is -4.22. The molecule has 0 N–H and O–H groups in total. The third kappa shape index (κ3) is 5.84. The molecule has 35 heavy (non-hydrogen) atoms. The number of aromatic nitrogens is 1. The molecule has 0 radical (unpaired) electrons. The Hall–Kier alpha value is -2.10. The number of ether oxygens (including phenoxy) is 1. The number of alkyl halides is 7. The van der Waals surface area contributed by atoms with E-state index in [-0.39, 0.29) is 34.5 Å². The second-order valence-electron chi connectivity index (χ2n) is 8.11. The second kappa shape index (κ2) is 9.75. The molecule has 0 bridgehead atoms. The predicted octanol–water partition coefficient (Wildman–Crippen LogP) is 5.41. The minimum Gasteiger partial charge on any atom is -0.406 e. The molecule has 192 valence electrons. The fraction of sp³-hybridized carbons (Fsp3) is 0.429. The molecule has 1 amide bonds. The van der Waals surface area contributed by atoms with Crippen molar-refractivity contribution in [1.82, 2.24) is 4.98 Å². The van der Waals surface area contributed by atoms with Crippen molar-refractivity contribution in [2.75, 3.05) is 15.9 Å². The van der Waals surface area contributed by atoms with Crippen LogP contribution in [0.3, 0.4) is 0 Å². The van der Waals surface area contributed by atoms with Gasteiger partial charge in [-0.25, -0.2) is 13.4 Å². The van der Waals surface area contributed by atoms with E-state index in [1.54, 1.807) is 0 Å². The Morgan fingerprint density at radius 2 is 1.83 bits per heavy atom. The van der Waals surface area contributed by atoms with E-state index in [0.29, 0.717) is 6.20 Å². The lowest BCUT2D eigenvalue weighted by Gasteiger charge is -2.40. The van der Waals surface area contributed by atoms with E-state index in [1.807, 2.05) is 22.6 Å². The van der Waals surface area contributed by atoms with Gasteiger partial charge in [0.15, 0.2) is 9.84 Å². The van der Waals surface area contributed by atoms with Crippen LogP contribution in [0.25, 0.3) is 0 Å². The summed E-state index contributed by atoms with van der Waals surface area (Å²) >= 11 is 1.85. The molecule has 2 aromatic rings. The largest absolute Gasteiger partial charge is 0.573 e. The van der Waals surface area contributed by atoms with Gasteiger partial charge in [-0.3, -0.25) is 9.69 Å². The van der Waals surface area contributed by atoms with Crippen LogP contribution >= 0.6 is 22.6 Å². The first kappa shape index (κ1) is 27.5. The highest BCUT2D eigenvalue weighted by molar-refractivity contribution is 14.1. The van der Waals surface area contributed by atoms with Crippen molar-refractivity contribution in [2.24, 2.45) is 5.92 Å². The molecule has 2 heterocycles. The van der Waals surface area contributed by atoms with E-state index < -0.39 is 50.3 Å². The molecule has 1 aromatic carbocycles. The Morgan fingerprint density at radius 3 is 2.34 bits per heavy atom. The lowest BCUT2D eigenvalue weighted by atomic mass is 9.85. The number of benzene rings is 1. The quantitative estimate of drug-likeness (QED) is 0.241. The SMILES string of the molecule is CC(CI)([C@@H]1CCN(c2ccc(C(F)(F)F)cn2)C(=O)C1)S(=O)(=O)c1cccc(OC(F)(F)F)c1. The number of pyridine rings is 1. The Kier molecular flexibility index (Phi) is 7.65. The molecular formula is C21H19F6IN2O4S. The van der Waals surface area contributed by atoms with Crippen LogP contribution in [0.1, 0.15) is 25.3 Å². The molecule has 14 heteroatoms. The molecule has 0 saturated carbocycles. The van der Waals surface area contributed by atoms with Crippen molar-refractivity contribution in [1.29, 1.82) is 0 Å². The minimum absolute atomic E-state index is 0.0116.